The zero-order valence-electron chi connectivity index (χ0n) is 16.2. The van der Waals surface area contributed by atoms with Crippen LogP contribution >= 0.6 is 0 Å². The largest absolute Gasteiger partial charge is 0.489 e. The summed E-state index contributed by atoms with van der Waals surface area (Å²) in [5.74, 6) is -0.390. The van der Waals surface area contributed by atoms with E-state index in [9.17, 15) is 14.4 Å². The van der Waals surface area contributed by atoms with Crippen molar-refractivity contribution in [2.75, 3.05) is 6.61 Å². The molecular weight excluding hydrogens is 370 g/mol. The Balaban J connectivity index is 1.76. The van der Waals surface area contributed by atoms with Crippen molar-refractivity contribution in [3.8, 4) is 5.75 Å². The number of Topliss-reactive ketones (excluding diaryl/α,β-unsaturated/α-hetero) is 1. The van der Waals surface area contributed by atoms with Gasteiger partial charge in [0.05, 0.1) is 6.61 Å². The Kier molecular flexibility index (Phi) is 6.24. The summed E-state index contributed by atoms with van der Waals surface area (Å²) in [7, 11) is 0. The zero-order valence-corrected chi connectivity index (χ0v) is 16.2. The van der Waals surface area contributed by atoms with Crippen LogP contribution in [0.25, 0.3) is 17.0 Å². The lowest BCUT2D eigenvalue weighted by molar-refractivity contribution is -0.139. The Hall–Kier alpha value is -3.67. The summed E-state index contributed by atoms with van der Waals surface area (Å²) in [6.45, 7) is 3.45. The van der Waals surface area contributed by atoms with Crippen LogP contribution in [0.4, 0.5) is 0 Å². The molecule has 2 aromatic carbocycles. The summed E-state index contributed by atoms with van der Waals surface area (Å²) in [4.78, 5) is 38.2. The van der Waals surface area contributed by atoms with Crippen LogP contribution in [0.3, 0.4) is 0 Å². The molecular formula is C23H21NO5. The van der Waals surface area contributed by atoms with Crippen molar-refractivity contribution >= 4 is 28.7 Å². The molecule has 0 spiro atoms. The number of ketones is 1. The fraction of sp³-hybridized carbons (Fsp3) is 0.174. The first-order valence-electron chi connectivity index (χ1n) is 9.21. The van der Waals surface area contributed by atoms with Crippen LogP contribution in [0.5, 0.6) is 5.75 Å². The van der Waals surface area contributed by atoms with Gasteiger partial charge in [-0.05, 0) is 43.7 Å². The highest BCUT2D eigenvalue weighted by atomic mass is 16.5. The molecule has 0 aliphatic rings. The van der Waals surface area contributed by atoms with E-state index in [1.54, 1.807) is 31.2 Å². The van der Waals surface area contributed by atoms with Crippen molar-refractivity contribution in [1.29, 1.82) is 0 Å². The van der Waals surface area contributed by atoms with Gasteiger partial charge in [-0.25, -0.2) is 4.79 Å². The van der Waals surface area contributed by atoms with E-state index in [0.717, 1.165) is 16.5 Å². The molecule has 3 aromatic rings. The molecule has 0 saturated heterocycles. The molecule has 1 N–H and O–H groups in total. The molecule has 1 heterocycles. The summed E-state index contributed by atoms with van der Waals surface area (Å²) in [5, 5.41) is 0.923. The van der Waals surface area contributed by atoms with Crippen molar-refractivity contribution in [1.82, 2.24) is 4.98 Å². The predicted octanol–water partition coefficient (Wildman–Crippen LogP) is 3.64. The van der Waals surface area contributed by atoms with Gasteiger partial charge in [-0.15, -0.1) is 0 Å². The van der Waals surface area contributed by atoms with Crippen LogP contribution < -0.4 is 10.3 Å². The van der Waals surface area contributed by atoms with Crippen LogP contribution in [0.1, 0.15) is 25.0 Å². The molecule has 0 aliphatic carbocycles. The molecule has 0 amide bonds. The summed E-state index contributed by atoms with van der Waals surface area (Å²) < 4.78 is 10.7. The highest BCUT2D eigenvalue weighted by Gasteiger charge is 2.15. The second kappa shape index (κ2) is 9.01. The Labute approximate surface area is 167 Å². The fourth-order valence-electron chi connectivity index (χ4n) is 2.90. The Morgan fingerprint density at radius 3 is 2.48 bits per heavy atom. The van der Waals surface area contributed by atoms with Gasteiger partial charge in [-0.3, -0.25) is 9.59 Å². The standard InChI is InChI=1S/C23H21NO5/c1-3-28-23(27)20(15(2)25)12-16-8-10-18(11-9-16)29-14-17-13-22(26)24-21-7-5-4-6-19(17)21/h4-13H,3,14H2,1-2H3,(H,24,26). The first-order chi connectivity index (χ1) is 14.0. The van der Waals surface area contributed by atoms with E-state index in [1.807, 2.05) is 24.3 Å². The number of nitrogens with one attached hydrogen (secondary N) is 1. The molecule has 3 rings (SSSR count). The van der Waals surface area contributed by atoms with E-state index in [-0.39, 0.29) is 30.1 Å². The smallest absolute Gasteiger partial charge is 0.341 e. The van der Waals surface area contributed by atoms with Crippen molar-refractivity contribution in [2.24, 2.45) is 0 Å². The summed E-state index contributed by atoms with van der Waals surface area (Å²) in [6, 6.07) is 16.0. The number of benzene rings is 2. The SMILES string of the molecule is CCOC(=O)C(=Cc1ccc(OCc2cc(=O)[nH]c3ccccc23)cc1)C(C)=O. The molecule has 0 aliphatic heterocycles. The van der Waals surface area contributed by atoms with Crippen molar-refractivity contribution in [3.63, 3.8) is 0 Å². The van der Waals surface area contributed by atoms with Gasteiger partial charge in [0.25, 0.3) is 0 Å². The van der Waals surface area contributed by atoms with E-state index < -0.39 is 5.97 Å². The molecule has 0 unspecified atom stereocenters. The quantitative estimate of drug-likeness (QED) is 0.288. The van der Waals surface area contributed by atoms with Crippen LogP contribution in [0, 0.1) is 0 Å². The van der Waals surface area contributed by atoms with Gasteiger partial charge in [0.15, 0.2) is 5.78 Å². The highest BCUT2D eigenvalue weighted by Crippen LogP contribution is 2.19. The minimum Gasteiger partial charge on any atom is -0.489 e. The van der Waals surface area contributed by atoms with E-state index in [2.05, 4.69) is 4.98 Å². The lowest BCUT2D eigenvalue weighted by atomic mass is 10.1. The molecule has 0 saturated carbocycles. The van der Waals surface area contributed by atoms with Crippen LogP contribution in [-0.2, 0) is 20.9 Å². The van der Waals surface area contributed by atoms with Crippen molar-refractivity contribution in [3.05, 3.63) is 81.7 Å². The molecule has 0 fully saturated rings. The lowest BCUT2D eigenvalue weighted by Gasteiger charge is -2.09. The van der Waals surface area contributed by atoms with Crippen LogP contribution in [0.2, 0.25) is 0 Å². The highest BCUT2D eigenvalue weighted by molar-refractivity contribution is 6.19. The second-order valence-corrected chi connectivity index (χ2v) is 6.40. The van der Waals surface area contributed by atoms with Gasteiger partial charge in [0, 0.05) is 22.5 Å². The maximum absolute atomic E-state index is 11.9. The number of aromatic amines is 1. The second-order valence-electron chi connectivity index (χ2n) is 6.40. The zero-order chi connectivity index (χ0) is 20.8. The van der Waals surface area contributed by atoms with Crippen LogP contribution in [-0.4, -0.2) is 23.3 Å². The first-order valence-corrected chi connectivity index (χ1v) is 9.21. The molecule has 6 heteroatoms. The van der Waals surface area contributed by atoms with Crippen molar-refractivity contribution in [2.45, 2.75) is 20.5 Å². The molecule has 0 atom stereocenters. The lowest BCUT2D eigenvalue weighted by Crippen LogP contribution is -2.13. The maximum Gasteiger partial charge on any atom is 0.341 e. The van der Waals surface area contributed by atoms with E-state index in [1.165, 1.54) is 19.1 Å². The number of hydrogen-bond donors (Lipinski definition) is 1. The number of aromatic nitrogens is 1. The summed E-state index contributed by atoms with van der Waals surface area (Å²) >= 11 is 0. The normalized spacial score (nSPS) is 11.3. The topological polar surface area (TPSA) is 85.5 Å². The number of para-hydroxylation sites is 1. The molecule has 29 heavy (non-hydrogen) atoms. The monoisotopic (exact) mass is 391 g/mol. The number of rotatable bonds is 7. The third kappa shape index (κ3) is 4.99. The third-order valence-electron chi connectivity index (χ3n) is 4.30. The van der Waals surface area contributed by atoms with Crippen LogP contribution in [0.15, 0.2) is 65.0 Å². The number of ether oxygens (including phenoxy) is 2. The minimum absolute atomic E-state index is 0.00417. The van der Waals surface area contributed by atoms with Crippen molar-refractivity contribution < 1.29 is 19.1 Å². The minimum atomic E-state index is -0.637. The Morgan fingerprint density at radius 1 is 1.07 bits per heavy atom. The van der Waals surface area contributed by atoms with Gasteiger partial charge < -0.3 is 14.5 Å². The average molecular weight is 391 g/mol. The summed E-state index contributed by atoms with van der Waals surface area (Å²) in [6.07, 6.45) is 1.49. The maximum atomic E-state index is 11.9. The van der Waals surface area contributed by atoms with Gasteiger partial charge in [-0.2, -0.15) is 0 Å². The number of carbonyl (C=O) groups is 2. The molecule has 148 valence electrons. The van der Waals surface area contributed by atoms with Gasteiger partial charge in [0.2, 0.25) is 5.56 Å². The predicted molar refractivity (Wildman–Crippen MR) is 111 cm³/mol. The molecule has 0 bridgehead atoms. The number of H-pyrrole nitrogens is 1. The number of pyridine rings is 1. The van der Waals surface area contributed by atoms with Gasteiger partial charge in [-0.1, -0.05) is 30.3 Å². The molecule has 0 radical (unpaired) electrons. The number of esters is 1. The van der Waals surface area contributed by atoms with Gasteiger partial charge >= 0.3 is 5.97 Å². The average Bonchev–Trinajstić information content (AvgIpc) is 2.70. The first kappa shape index (κ1) is 20.1. The number of hydrogen-bond acceptors (Lipinski definition) is 5. The Morgan fingerprint density at radius 2 is 1.79 bits per heavy atom. The van der Waals surface area contributed by atoms with E-state index >= 15 is 0 Å². The number of fused-ring (bicyclic) bond motifs is 1. The molecule has 6 nitrogen and oxygen atoms in total. The van der Waals surface area contributed by atoms with Gasteiger partial charge in [0.1, 0.15) is 17.9 Å². The van der Waals surface area contributed by atoms with E-state index in [4.69, 9.17) is 9.47 Å². The third-order valence-corrected chi connectivity index (χ3v) is 4.30. The fourth-order valence-corrected chi connectivity index (χ4v) is 2.90. The summed E-state index contributed by atoms with van der Waals surface area (Å²) in [5.41, 5.74) is 2.04. The molecule has 1 aromatic heterocycles. The Bertz CT molecular complexity index is 1130. The van der Waals surface area contributed by atoms with E-state index in [0.29, 0.717) is 11.3 Å². The number of carbonyl (C=O) groups excluding carboxylic acids is 2.